The number of rotatable bonds is 10. The van der Waals surface area contributed by atoms with Crippen LogP contribution in [0.5, 0.6) is 17.2 Å². The number of carbonyl (C=O) groups excluding carboxylic acids is 1. The first-order valence-electron chi connectivity index (χ1n) is 8.86. The van der Waals surface area contributed by atoms with E-state index in [1.807, 2.05) is 18.2 Å². The van der Waals surface area contributed by atoms with Crippen LogP contribution in [0.4, 0.5) is 5.69 Å². The number of ether oxygens (including phenoxy) is 3. The lowest BCUT2D eigenvalue weighted by atomic mass is 10.1. The van der Waals surface area contributed by atoms with Crippen molar-refractivity contribution >= 4 is 17.6 Å². The second-order valence-corrected chi connectivity index (χ2v) is 6.18. The molecule has 0 fully saturated rings. The number of aliphatic carboxylic acids is 1. The van der Waals surface area contributed by atoms with E-state index in [9.17, 15) is 9.59 Å². The van der Waals surface area contributed by atoms with Crippen molar-refractivity contribution in [1.29, 1.82) is 0 Å². The number of benzene rings is 2. The number of anilines is 1. The third-order valence-corrected chi connectivity index (χ3v) is 4.20. The summed E-state index contributed by atoms with van der Waals surface area (Å²) >= 11 is 0. The minimum Gasteiger partial charge on any atom is -0.493 e. The first-order chi connectivity index (χ1) is 13.5. The Kier molecular flexibility index (Phi) is 7.68. The molecule has 0 heterocycles. The summed E-state index contributed by atoms with van der Waals surface area (Å²) < 4.78 is 16.0. The van der Waals surface area contributed by atoms with Crippen LogP contribution < -0.4 is 19.5 Å². The standard InChI is InChI=1S/C21H25NO6/c1-26-17-12-15(13-18(27-2)21(17)28-3)7-9-19(23)22-16-6-4-5-14(11-16)8-10-20(24)25/h4-6,11-13H,7-10H2,1-3H3,(H,22,23)(H,24,25). The van der Waals surface area contributed by atoms with Crippen LogP contribution in [-0.4, -0.2) is 38.3 Å². The van der Waals surface area contributed by atoms with Gasteiger partial charge < -0.3 is 24.6 Å². The summed E-state index contributed by atoms with van der Waals surface area (Å²) in [6, 6.07) is 10.9. The van der Waals surface area contributed by atoms with Gasteiger partial charge in [0, 0.05) is 18.5 Å². The third-order valence-electron chi connectivity index (χ3n) is 4.20. The van der Waals surface area contributed by atoms with E-state index >= 15 is 0 Å². The molecule has 2 aromatic rings. The second kappa shape index (κ2) is 10.2. The fourth-order valence-electron chi connectivity index (χ4n) is 2.82. The lowest BCUT2D eigenvalue weighted by Crippen LogP contribution is -2.12. The minimum absolute atomic E-state index is 0.0541. The van der Waals surface area contributed by atoms with Crippen LogP contribution >= 0.6 is 0 Å². The van der Waals surface area contributed by atoms with Crippen LogP contribution in [0.25, 0.3) is 0 Å². The maximum atomic E-state index is 12.3. The Morgan fingerprint density at radius 2 is 1.54 bits per heavy atom. The predicted molar refractivity (Wildman–Crippen MR) is 105 cm³/mol. The van der Waals surface area contributed by atoms with E-state index < -0.39 is 5.97 Å². The maximum absolute atomic E-state index is 12.3. The molecule has 0 radical (unpaired) electrons. The molecular weight excluding hydrogens is 362 g/mol. The summed E-state index contributed by atoms with van der Waals surface area (Å²) in [5.74, 6) is 0.618. The van der Waals surface area contributed by atoms with Gasteiger partial charge in [0.25, 0.3) is 0 Å². The van der Waals surface area contributed by atoms with Crippen molar-refractivity contribution in [3.8, 4) is 17.2 Å². The zero-order chi connectivity index (χ0) is 20.5. The van der Waals surface area contributed by atoms with E-state index in [0.29, 0.717) is 35.8 Å². The van der Waals surface area contributed by atoms with Crippen molar-refractivity contribution in [3.05, 3.63) is 47.5 Å². The monoisotopic (exact) mass is 387 g/mol. The molecule has 0 unspecified atom stereocenters. The highest BCUT2D eigenvalue weighted by Crippen LogP contribution is 2.38. The summed E-state index contributed by atoms with van der Waals surface area (Å²) in [6.07, 6.45) is 1.25. The maximum Gasteiger partial charge on any atom is 0.303 e. The Morgan fingerprint density at radius 1 is 0.893 bits per heavy atom. The SMILES string of the molecule is COc1cc(CCC(=O)Nc2cccc(CCC(=O)O)c2)cc(OC)c1OC. The van der Waals surface area contributed by atoms with Crippen molar-refractivity contribution in [2.24, 2.45) is 0 Å². The van der Waals surface area contributed by atoms with Crippen LogP contribution in [0.15, 0.2) is 36.4 Å². The van der Waals surface area contributed by atoms with Crippen molar-refractivity contribution in [2.45, 2.75) is 25.7 Å². The molecule has 0 aliphatic heterocycles. The smallest absolute Gasteiger partial charge is 0.303 e. The highest BCUT2D eigenvalue weighted by molar-refractivity contribution is 5.90. The topological polar surface area (TPSA) is 94.1 Å². The number of carboxylic acids is 1. The highest BCUT2D eigenvalue weighted by Gasteiger charge is 2.14. The zero-order valence-corrected chi connectivity index (χ0v) is 16.3. The Labute approximate surface area is 164 Å². The molecule has 7 nitrogen and oxygen atoms in total. The van der Waals surface area contributed by atoms with Crippen LogP contribution in [-0.2, 0) is 22.4 Å². The average Bonchev–Trinajstić information content (AvgIpc) is 2.70. The summed E-state index contributed by atoms with van der Waals surface area (Å²) in [6.45, 7) is 0. The molecule has 0 aliphatic carbocycles. The summed E-state index contributed by atoms with van der Waals surface area (Å²) in [5.41, 5.74) is 2.41. The molecular formula is C21H25NO6. The molecule has 28 heavy (non-hydrogen) atoms. The van der Waals surface area contributed by atoms with Crippen molar-refractivity contribution in [2.75, 3.05) is 26.6 Å². The molecule has 2 aromatic carbocycles. The third kappa shape index (κ3) is 5.90. The number of aryl methyl sites for hydroxylation is 2. The summed E-state index contributed by atoms with van der Waals surface area (Å²) in [5, 5.41) is 11.6. The van der Waals surface area contributed by atoms with Crippen LogP contribution in [0, 0.1) is 0 Å². The molecule has 0 bridgehead atoms. The van der Waals surface area contributed by atoms with E-state index in [1.54, 1.807) is 32.4 Å². The van der Waals surface area contributed by atoms with Gasteiger partial charge in [-0.3, -0.25) is 9.59 Å². The molecule has 2 rings (SSSR count). The predicted octanol–water partition coefficient (Wildman–Crippen LogP) is 3.30. The highest BCUT2D eigenvalue weighted by atomic mass is 16.5. The number of amides is 1. The first-order valence-corrected chi connectivity index (χ1v) is 8.86. The van der Waals surface area contributed by atoms with Gasteiger partial charge >= 0.3 is 5.97 Å². The quantitative estimate of drug-likeness (QED) is 0.650. The fourth-order valence-corrected chi connectivity index (χ4v) is 2.82. The molecule has 0 spiro atoms. The number of hydrogen-bond donors (Lipinski definition) is 2. The van der Waals surface area contributed by atoms with E-state index in [2.05, 4.69) is 5.32 Å². The van der Waals surface area contributed by atoms with Crippen molar-refractivity contribution in [1.82, 2.24) is 0 Å². The van der Waals surface area contributed by atoms with Gasteiger partial charge in [0.2, 0.25) is 11.7 Å². The van der Waals surface area contributed by atoms with Crippen LogP contribution in [0.3, 0.4) is 0 Å². The minimum atomic E-state index is -0.847. The van der Waals surface area contributed by atoms with Crippen molar-refractivity contribution < 1.29 is 28.9 Å². The first kappa shape index (κ1) is 21.1. The molecule has 2 N–H and O–H groups in total. The Hall–Kier alpha value is -3.22. The Morgan fingerprint density at radius 3 is 2.11 bits per heavy atom. The number of methoxy groups -OCH3 is 3. The summed E-state index contributed by atoms with van der Waals surface area (Å²) in [4.78, 5) is 23.0. The van der Waals surface area contributed by atoms with Gasteiger partial charge in [0.15, 0.2) is 11.5 Å². The van der Waals surface area contributed by atoms with Gasteiger partial charge in [-0.2, -0.15) is 0 Å². The molecule has 0 aliphatic rings. The summed E-state index contributed by atoms with van der Waals surface area (Å²) in [7, 11) is 4.63. The zero-order valence-electron chi connectivity index (χ0n) is 16.3. The molecule has 0 atom stereocenters. The second-order valence-electron chi connectivity index (χ2n) is 6.18. The normalized spacial score (nSPS) is 10.2. The van der Waals surface area contributed by atoms with E-state index in [1.165, 1.54) is 7.11 Å². The number of nitrogens with one attached hydrogen (secondary N) is 1. The van der Waals surface area contributed by atoms with Gasteiger partial charge in [-0.05, 0) is 48.2 Å². The van der Waals surface area contributed by atoms with Gasteiger partial charge in [0.05, 0.1) is 21.3 Å². The molecule has 150 valence electrons. The Bertz CT molecular complexity index is 808. The van der Waals surface area contributed by atoms with E-state index in [4.69, 9.17) is 19.3 Å². The van der Waals surface area contributed by atoms with Gasteiger partial charge in [-0.25, -0.2) is 0 Å². The number of hydrogen-bond acceptors (Lipinski definition) is 5. The average molecular weight is 387 g/mol. The lowest BCUT2D eigenvalue weighted by Gasteiger charge is -2.14. The Balaban J connectivity index is 1.99. The van der Waals surface area contributed by atoms with Crippen LogP contribution in [0.2, 0.25) is 0 Å². The largest absolute Gasteiger partial charge is 0.493 e. The molecule has 0 saturated heterocycles. The van der Waals surface area contributed by atoms with Gasteiger partial charge in [-0.15, -0.1) is 0 Å². The van der Waals surface area contributed by atoms with E-state index in [0.717, 1.165) is 11.1 Å². The fraction of sp³-hybridized carbons (Fsp3) is 0.333. The number of carboxylic acid groups (broad SMARTS) is 1. The molecule has 7 heteroatoms. The van der Waals surface area contributed by atoms with Gasteiger partial charge in [-0.1, -0.05) is 12.1 Å². The molecule has 0 saturated carbocycles. The van der Waals surface area contributed by atoms with Gasteiger partial charge in [0.1, 0.15) is 0 Å². The molecule has 1 amide bonds. The van der Waals surface area contributed by atoms with Crippen LogP contribution in [0.1, 0.15) is 24.0 Å². The van der Waals surface area contributed by atoms with E-state index in [-0.39, 0.29) is 18.7 Å². The number of carbonyl (C=O) groups is 2. The van der Waals surface area contributed by atoms with Crippen molar-refractivity contribution in [3.63, 3.8) is 0 Å². The molecule has 0 aromatic heterocycles. The lowest BCUT2D eigenvalue weighted by molar-refractivity contribution is -0.137.